The Kier molecular flexibility index (Phi) is 4.46. The van der Waals surface area contributed by atoms with E-state index in [1.807, 2.05) is 11.3 Å². The van der Waals surface area contributed by atoms with E-state index in [0.717, 1.165) is 17.4 Å². The molecule has 3 heteroatoms. The van der Waals surface area contributed by atoms with Gasteiger partial charge in [0.25, 0.3) is 0 Å². The van der Waals surface area contributed by atoms with E-state index >= 15 is 0 Å². The normalized spacial score (nSPS) is 10.7. The molecule has 96 valence electrons. The molecule has 1 heterocycles. The molecule has 0 aliphatic carbocycles. The van der Waals surface area contributed by atoms with Crippen LogP contribution in [0.2, 0.25) is 0 Å². The second-order valence-electron chi connectivity index (χ2n) is 4.49. The first kappa shape index (κ1) is 13.6. The van der Waals surface area contributed by atoms with Crippen LogP contribution in [-0.2, 0) is 13.0 Å². The minimum absolute atomic E-state index is 0.911. The minimum atomic E-state index is 0.911. The van der Waals surface area contributed by atoms with Crippen molar-refractivity contribution < 1.29 is 0 Å². The number of benzene rings is 1. The average molecular weight is 324 g/mol. The van der Waals surface area contributed by atoms with Crippen molar-refractivity contribution in [2.75, 3.05) is 5.32 Å². The monoisotopic (exact) mass is 323 g/mol. The molecule has 1 aromatic carbocycles. The van der Waals surface area contributed by atoms with E-state index in [-0.39, 0.29) is 0 Å². The molecule has 0 fully saturated rings. The fourth-order valence-corrected chi connectivity index (χ4v) is 3.66. The van der Waals surface area contributed by atoms with Gasteiger partial charge in [-0.15, -0.1) is 11.3 Å². The number of aryl methyl sites for hydroxylation is 3. The van der Waals surface area contributed by atoms with Gasteiger partial charge in [0.1, 0.15) is 0 Å². The molecule has 18 heavy (non-hydrogen) atoms. The van der Waals surface area contributed by atoms with Crippen LogP contribution in [0.4, 0.5) is 5.69 Å². The third-order valence-corrected chi connectivity index (χ3v) is 4.69. The average Bonchev–Trinajstić information content (AvgIpc) is 2.75. The molecule has 0 radical (unpaired) electrons. The summed E-state index contributed by atoms with van der Waals surface area (Å²) in [6.07, 6.45) is 1.13. The van der Waals surface area contributed by atoms with Gasteiger partial charge in [-0.05, 0) is 55.7 Å². The summed E-state index contributed by atoms with van der Waals surface area (Å²) in [5, 5.41) is 3.55. The van der Waals surface area contributed by atoms with Gasteiger partial charge in [0, 0.05) is 26.5 Å². The first-order chi connectivity index (χ1) is 8.60. The summed E-state index contributed by atoms with van der Waals surface area (Å²) >= 11 is 5.43. The number of rotatable bonds is 4. The fourth-order valence-electron chi connectivity index (χ4n) is 2.07. The molecule has 0 unspecified atom stereocenters. The zero-order chi connectivity index (χ0) is 13.1. The maximum atomic E-state index is 3.55. The van der Waals surface area contributed by atoms with E-state index in [9.17, 15) is 0 Å². The maximum Gasteiger partial charge on any atom is 0.0494 e. The summed E-state index contributed by atoms with van der Waals surface area (Å²) < 4.78 is 1.15. The predicted molar refractivity (Wildman–Crippen MR) is 84.6 cm³/mol. The Morgan fingerprint density at radius 1 is 1.11 bits per heavy atom. The van der Waals surface area contributed by atoms with E-state index in [2.05, 4.69) is 66.3 Å². The highest BCUT2D eigenvalue weighted by atomic mass is 79.9. The Morgan fingerprint density at radius 2 is 1.72 bits per heavy atom. The van der Waals surface area contributed by atoms with E-state index in [0.29, 0.717) is 0 Å². The van der Waals surface area contributed by atoms with Crippen molar-refractivity contribution in [1.82, 2.24) is 0 Å². The molecule has 0 amide bonds. The number of thiophene rings is 1. The zero-order valence-electron chi connectivity index (χ0n) is 11.0. The van der Waals surface area contributed by atoms with Gasteiger partial charge in [-0.2, -0.15) is 0 Å². The Morgan fingerprint density at radius 3 is 2.28 bits per heavy atom. The minimum Gasteiger partial charge on any atom is -0.380 e. The van der Waals surface area contributed by atoms with Crippen LogP contribution in [0, 0.1) is 13.8 Å². The van der Waals surface area contributed by atoms with Gasteiger partial charge in [0.2, 0.25) is 0 Å². The molecule has 0 saturated carbocycles. The quantitative estimate of drug-likeness (QED) is 0.804. The number of nitrogens with one attached hydrogen (secondary N) is 1. The van der Waals surface area contributed by atoms with Crippen LogP contribution in [0.1, 0.15) is 27.8 Å². The largest absolute Gasteiger partial charge is 0.380 e. The van der Waals surface area contributed by atoms with Gasteiger partial charge in [-0.25, -0.2) is 0 Å². The van der Waals surface area contributed by atoms with Gasteiger partial charge < -0.3 is 5.32 Å². The van der Waals surface area contributed by atoms with Crippen molar-refractivity contribution in [3.05, 3.63) is 49.6 Å². The van der Waals surface area contributed by atoms with Crippen LogP contribution in [0.15, 0.2) is 28.7 Å². The fraction of sp³-hybridized carbons (Fsp3) is 0.333. The Bertz CT molecular complexity index is 522. The van der Waals surface area contributed by atoms with E-state index in [1.165, 1.54) is 26.6 Å². The lowest BCUT2D eigenvalue weighted by atomic mass is 10.1. The summed E-state index contributed by atoms with van der Waals surface area (Å²) in [7, 11) is 0. The van der Waals surface area contributed by atoms with Crippen molar-refractivity contribution in [2.45, 2.75) is 33.7 Å². The van der Waals surface area contributed by atoms with Gasteiger partial charge in [-0.1, -0.05) is 22.9 Å². The highest BCUT2D eigenvalue weighted by Gasteiger charge is 2.05. The molecule has 2 rings (SSSR count). The van der Waals surface area contributed by atoms with Crippen molar-refractivity contribution in [3.8, 4) is 0 Å². The summed E-state index contributed by atoms with van der Waals surface area (Å²) in [4.78, 5) is 2.85. The molecule has 0 atom stereocenters. The SMILES string of the molecule is CCc1ccc(CNc2c(C)cc(Br)cc2C)s1. The smallest absolute Gasteiger partial charge is 0.0494 e. The number of hydrogen-bond donors (Lipinski definition) is 1. The van der Waals surface area contributed by atoms with Crippen LogP contribution in [0.5, 0.6) is 0 Å². The maximum absolute atomic E-state index is 3.55. The molecule has 1 nitrogen and oxygen atoms in total. The van der Waals surface area contributed by atoms with E-state index in [1.54, 1.807) is 0 Å². The van der Waals surface area contributed by atoms with Crippen molar-refractivity contribution in [1.29, 1.82) is 0 Å². The second-order valence-corrected chi connectivity index (χ2v) is 6.66. The van der Waals surface area contributed by atoms with Crippen LogP contribution < -0.4 is 5.32 Å². The number of hydrogen-bond acceptors (Lipinski definition) is 2. The molecule has 0 spiro atoms. The van der Waals surface area contributed by atoms with Gasteiger partial charge in [0.15, 0.2) is 0 Å². The van der Waals surface area contributed by atoms with E-state index in [4.69, 9.17) is 0 Å². The lowest BCUT2D eigenvalue weighted by molar-refractivity contribution is 1.16. The molecule has 0 saturated heterocycles. The zero-order valence-corrected chi connectivity index (χ0v) is 13.4. The molecule has 0 aliphatic heterocycles. The van der Waals surface area contributed by atoms with Gasteiger partial charge in [-0.3, -0.25) is 0 Å². The first-order valence-electron chi connectivity index (χ1n) is 6.18. The summed E-state index contributed by atoms with van der Waals surface area (Å²) in [5.41, 5.74) is 3.83. The molecule has 0 aliphatic rings. The number of anilines is 1. The lowest BCUT2D eigenvalue weighted by Crippen LogP contribution is -2.01. The molecule has 2 aromatic rings. The van der Waals surface area contributed by atoms with Crippen LogP contribution in [0.3, 0.4) is 0 Å². The molecule has 1 N–H and O–H groups in total. The standard InChI is InChI=1S/C15H18BrNS/c1-4-13-5-6-14(18-13)9-17-15-10(2)7-12(16)8-11(15)3/h5-8,17H,4,9H2,1-3H3. The molecular weight excluding hydrogens is 306 g/mol. The van der Waals surface area contributed by atoms with E-state index < -0.39 is 0 Å². The predicted octanol–water partition coefficient (Wildman–Crippen LogP) is 5.30. The summed E-state index contributed by atoms with van der Waals surface area (Å²) in [6, 6.07) is 8.76. The topological polar surface area (TPSA) is 12.0 Å². The highest BCUT2D eigenvalue weighted by Crippen LogP contribution is 2.26. The third kappa shape index (κ3) is 3.15. The molecule has 0 bridgehead atoms. The summed E-state index contributed by atoms with van der Waals surface area (Å²) in [6.45, 7) is 7.40. The Balaban J connectivity index is 2.10. The van der Waals surface area contributed by atoms with Crippen molar-refractivity contribution >= 4 is 33.0 Å². The first-order valence-corrected chi connectivity index (χ1v) is 7.79. The van der Waals surface area contributed by atoms with Crippen LogP contribution in [0.25, 0.3) is 0 Å². The highest BCUT2D eigenvalue weighted by molar-refractivity contribution is 9.10. The van der Waals surface area contributed by atoms with Crippen molar-refractivity contribution in [2.24, 2.45) is 0 Å². The Labute approximate surface area is 121 Å². The second kappa shape index (κ2) is 5.89. The lowest BCUT2D eigenvalue weighted by Gasteiger charge is -2.12. The Hall–Kier alpha value is -0.800. The summed E-state index contributed by atoms with van der Waals surface area (Å²) in [5.74, 6) is 0. The van der Waals surface area contributed by atoms with Crippen LogP contribution in [-0.4, -0.2) is 0 Å². The number of halogens is 1. The van der Waals surface area contributed by atoms with Gasteiger partial charge in [0.05, 0.1) is 0 Å². The van der Waals surface area contributed by atoms with Crippen LogP contribution >= 0.6 is 27.3 Å². The molecular formula is C15H18BrNS. The van der Waals surface area contributed by atoms with Gasteiger partial charge >= 0.3 is 0 Å². The van der Waals surface area contributed by atoms with Crippen molar-refractivity contribution in [3.63, 3.8) is 0 Å². The molecule has 1 aromatic heterocycles. The third-order valence-electron chi connectivity index (χ3n) is 3.00.